The topological polar surface area (TPSA) is 79.8 Å². The molecule has 1 aromatic carbocycles. The molecule has 0 atom stereocenters. The minimum absolute atomic E-state index is 0.00185. The van der Waals surface area contributed by atoms with E-state index in [9.17, 15) is 4.39 Å². The summed E-state index contributed by atoms with van der Waals surface area (Å²) in [6.07, 6.45) is 1.07. The number of allylic oxidation sites excluding steroid dienone is 1. The van der Waals surface area contributed by atoms with Gasteiger partial charge in [-0.3, -0.25) is 0 Å². The molecule has 0 heterocycles. The Hall–Kier alpha value is -2.53. The van der Waals surface area contributed by atoms with Gasteiger partial charge >= 0.3 is 0 Å². The van der Waals surface area contributed by atoms with Crippen LogP contribution in [0.2, 0.25) is 0 Å². The minimum Gasteiger partial charge on any atom is -0.508 e. The highest BCUT2D eigenvalue weighted by Gasteiger charge is 2.01. The molecule has 0 aromatic heterocycles. The molecule has 0 fully saturated rings. The van der Waals surface area contributed by atoms with E-state index in [0.29, 0.717) is 0 Å². The Morgan fingerprint density at radius 1 is 1.40 bits per heavy atom. The van der Waals surface area contributed by atoms with Gasteiger partial charge in [0.25, 0.3) is 0 Å². The monoisotopic (exact) mass is 203 g/mol. The number of nitrogens with zero attached hydrogens (tertiary/aromatic N) is 2. The Balaban J connectivity index is 2.92. The number of anilines is 1. The van der Waals surface area contributed by atoms with Crippen molar-refractivity contribution in [3.8, 4) is 17.9 Å². The average molecular weight is 203 g/mol. The molecule has 0 aliphatic rings. The van der Waals surface area contributed by atoms with Gasteiger partial charge in [-0.25, -0.2) is 4.39 Å². The van der Waals surface area contributed by atoms with Crippen LogP contribution in [-0.2, 0) is 0 Å². The molecule has 1 rings (SSSR count). The van der Waals surface area contributed by atoms with E-state index in [0.717, 1.165) is 18.3 Å². The predicted octanol–water partition coefficient (Wildman–Crippen LogP) is 1.87. The van der Waals surface area contributed by atoms with Gasteiger partial charge in [0.1, 0.15) is 29.3 Å². The summed E-state index contributed by atoms with van der Waals surface area (Å²) in [6, 6.07) is 6.64. The molecular formula is C10H6FN3O. The van der Waals surface area contributed by atoms with Gasteiger partial charge in [0.2, 0.25) is 0 Å². The molecule has 0 spiro atoms. The molecule has 74 valence electrons. The maximum atomic E-state index is 13.1. The number of nitriles is 2. The number of phenols is 1. The number of hydrogen-bond acceptors (Lipinski definition) is 4. The first-order chi connectivity index (χ1) is 7.17. The molecular weight excluding hydrogens is 197 g/mol. The molecule has 1 aromatic rings. The van der Waals surface area contributed by atoms with Crippen LogP contribution in [0.1, 0.15) is 0 Å². The highest BCUT2D eigenvalue weighted by Crippen LogP contribution is 2.20. The van der Waals surface area contributed by atoms with Gasteiger partial charge in [-0.15, -0.1) is 0 Å². The number of hydrogen-bond donors (Lipinski definition) is 2. The predicted molar refractivity (Wildman–Crippen MR) is 51.0 cm³/mol. The summed E-state index contributed by atoms with van der Waals surface area (Å²) in [5.74, 6) is -0.693. The minimum atomic E-state index is -0.584. The molecule has 0 aliphatic carbocycles. The van der Waals surface area contributed by atoms with Crippen molar-refractivity contribution in [1.29, 1.82) is 10.5 Å². The lowest BCUT2D eigenvalue weighted by molar-refractivity contribution is 0.473. The van der Waals surface area contributed by atoms with Crippen LogP contribution in [-0.4, -0.2) is 5.11 Å². The van der Waals surface area contributed by atoms with Crippen LogP contribution >= 0.6 is 0 Å². The van der Waals surface area contributed by atoms with Crippen molar-refractivity contribution >= 4 is 5.69 Å². The lowest BCUT2D eigenvalue weighted by Gasteiger charge is -2.02. The fourth-order valence-corrected chi connectivity index (χ4v) is 0.863. The molecule has 2 N–H and O–H groups in total. The second-order valence-electron chi connectivity index (χ2n) is 2.59. The average Bonchev–Trinajstić information content (AvgIpc) is 2.24. The van der Waals surface area contributed by atoms with Gasteiger partial charge in [0.05, 0.1) is 5.69 Å². The number of benzene rings is 1. The maximum Gasteiger partial charge on any atom is 0.146 e. The number of phenolic OH excluding ortho intramolecular Hbond substituents is 1. The van der Waals surface area contributed by atoms with E-state index < -0.39 is 5.82 Å². The fourth-order valence-electron chi connectivity index (χ4n) is 0.863. The van der Waals surface area contributed by atoms with Crippen molar-refractivity contribution in [2.45, 2.75) is 0 Å². The second kappa shape index (κ2) is 4.64. The van der Waals surface area contributed by atoms with Gasteiger partial charge < -0.3 is 10.4 Å². The molecule has 0 unspecified atom stereocenters. The Labute approximate surface area is 85.5 Å². The van der Waals surface area contributed by atoms with Gasteiger partial charge in [-0.2, -0.15) is 10.5 Å². The number of aromatic hydroxyl groups is 1. The summed E-state index contributed by atoms with van der Waals surface area (Å²) >= 11 is 0. The maximum absolute atomic E-state index is 13.1. The van der Waals surface area contributed by atoms with E-state index >= 15 is 0 Å². The summed E-state index contributed by atoms with van der Waals surface area (Å²) < 4.78 is 13.1. The summed E-state index contributed by atoms with van der Waals surface area (Å²) in [4.78, 5) is 0. The molecule has 4 nitrogen and oxygen atoms in total. The zero-order valence-electron chi connectivity index (χ0n) is 7.53. The largest absolute Gasteiger partial charge is 0.508 e. The lowest BCUT2D eigenvalue weighted by Crippen LogP contribution is -1.92. The molecule has 0 radical (unpaired) electrons. The Morgan fingerprint density at radius 3 is 2.67 bits per heavy atom. The number of halogens is 1. The Kier molecular flexibility index (Phi) is 3.26. The molecule has 0 saturated heterocycles. The SMILES string of the molecule is N#CC(C#N)=CNc1cc(O)ccc1F. The second-order valence-corrected chi connectivity index (χ2v) is 2.59. The Bertz CT molecular complexity index is 466. The highest BCUT2D eigenvalue weighted by molar-refractivity contribution is 5.53. The summed E-state index contributed by atoms with van der Waals surface area (Å²) in [7, 11) is 0. The van der Waals surface area contributed by atoms with E-state index in [1.54, 1.807) is 12.1 Å². The van der Waals surface area contributed by atoms with Crippen molar-refractivity contribution in [1.82, 2.24) is 0 Å². The van der Waals surface area contributed by atoms with Crippen molar-refractivity contribution in [2.75, 3.05) is 5.32 Å². The van der Waals surface area contributed by atoms with Gasteiger partial charge in [-0.1, -0.05) is 0 Å². The van der Waals surface area contributed by atoms with Crippen molar-refractivity contribution in [3.63, 3.8) is 0 Å². The van der Waals surface area contributed by atoms with Gasteiger partial charge in [-0.05, 0) is 12.1 Å². The third-order valence-electron chi connectivity index (χ3n) is 1.56. The first kappa shape index (κ1) is 10.6. The molecule has 0 saturated carbocycles. The zero-order chi connectivity index (χ0) is 11.3. The summed E-state index contributed by atoms with van der Waals surface area (Å²) in [6.45, 7) is 0. The molecule has 15 heavy (non-hydrogen) atoms. The van der Waals surface area contributed by atoms with Crippen LogP contribution in [0.4, 0.5) is 10.1 Å². The van der Waals surface area contributed by atoms with Crippen LogP contribution in [0.3, 0.4) is 0 Å². The van der Waals surface area contributed by atoms with E-state index in [4.69, 9.17) is 15.6 Å². The van der Waals surface area contributed by atoms with Gasteiger partial charge in [0.15, 0.2) is 0 Å². The standard InChI is InChI=1S/C10H6FN3O/c11-9-2-1-8(15)3-10(9)14-6-7(4-12)5-13/h1-3,6,14-15H. The summed E-state index contributed by atoms with van der Waals surface area (Å²) in [5, 5.41) is 28.3. The molecule has 0 amide bonds. The highest BCUT2D eigenvalue weighted by atomic mass is 19.1. The number of nitrogens with one attached hydrogen (secondary N) is 1. The van der Waals surface area contributed by atoms with E-state index in [1.165, 1.54) is 6.07 Å². The molecule has 0 bridgehead atoms. The first-order valence-corrected chi connectivity index (χ1v) is 3.93. The van der Waals surface area contributed by atoms with Crippen molar-refractivity contribution < 1.29 is 9.50 Å². The first-order valence-electron chi connectivity index (χ1n) is 3.93. The summed E-state index contributed by atoms with van der Waals surface area (Å²) in [5.41, 5.74) is -0.184. The number of rotatable bonds is 2. The van der Waals surface area contributed by atoms with Crippen LogP contribution in [0, 0.1) is 28.5 Å². The third kappa shape index (κ3) is 2.71. The lowest BCUT2D eigenvalue weighted by atomic mass is 10.3. The van der Waals surface area contributed by atoms with Crippen LogP contribution in [0.25, 0.3) is 0 Å². The Morgan fingerprint density at radius 2 is 2.07 bits per heavy atom. The normalized spacial score (nSPS) is 8.47. The molecule has 0 aliphatic heterocycles. The smallest absolute Gasteiger partial charge is 0.146 e. The van der Waals surface area contributed by atoms with Crippen molar-refractivity contribution in [2.24, 2.45) is 0 Å². The van der Waals surface area contributed by atoms with Crippen LogP contribution < -0.4 is 5.32 Å². The zero-order valence-corrected chi connectivity index (χ0v) is 7.53. The quantitative estimate of drug-likeness (QED) is 0.719. The van der Waals surface area contributed by atoms with E-state index in [1.807, 2.05) is 0 Å². The van der Waals surface area contributed by atoms with E-state index in [-0.39, 0.29) is 17.0 Å². The van der Waals surface area contributed by atoms with Crippen LogP contribution in [0.15, 0.2) is 30.0 Å². The van der Waals surface area contributed by atoms with Crippen LogP contribution in [0.5, 0.6) is 5.75 Å². The third-order valence-corrected chi connectivity index (χ3v) is 1.56. The van der Waals surface area contributed by atoms with Crippen molar-refractivity contribution in [3.05, 3.63) is 35.8 Å². The van der Waals surface area contributed by atoms with E-state index in [2.05, 4.69) is 5.32 Å². The fraction of sp³-hybridized carbons (Fsp3) is 0. The van der Waals surface area contributed by atoms with Gasteiger partial charge in [0, 0.05) is 12.3 Å². The molecule has 5 heteroatoms.